The van der Waals surface area contributed by atoms with Crippen LogP contribution in [0.4, 0.5) is 10.8 Å². The van der Waals surface area contributed by atoms with Crippen LogP contribution < -0.4 is 10.0 Å². The molecule has 1 aliphatic heterocycles. The van der Waals surface area contributed by atoms with Crippen molar-refractivity contribution in [3.63, 3.8) is 0 Å². The van der Waals surface area contributed by atoms with Gasteiger partial charge in [-0.05, 0) is 30.2 Å². The lowest BCUT2D eigenvalue weighted by atomic mass is 10.1. The molecule has 1 aliphatic rings. The maximum atomic E-state index is 11.6. The van der Waals surface area contributed by atoms with Crippen molar-refractivity contribution < 1.29 is 8.42 Å². The Labute approximate surface area is 114 Å². The highest BCUT2D eigenvalue weighted by Crippen LogP contribution is 2.34. The fraction of sp³-hybridized carbons (Fsp3) is 0.273. The number of anilines is 2. The van der Waals surface area contributed by atoms with E-state index in [0.717, 1.165) is 21.8 Å². The fourth-order valence-electron chi connectivity index (χ4n) is 2.20. The molecule has 6 nitrogen and oxygen atoms in total. The Morgan fingerprint density at radius 3 is 2.79 bits per heavy atom. The lowest BCUT2D eigenvalue weighted by Gasteiger charge is -2.16. The van der Waals surface area contributed by atoms with Crippen LogP contribution in [0.3, 0.4) is 0 Å². The van der Waals surface area contributed by atoms with Gasteiger partial charge < -0.3 is 5.73 Å². The van der Waals surface area contributed by atoms with E-state index in [4.69, 9.17) is 5.73 Å². The molecule has 0 fully saturated rings. The van der Waals surface area contributed by atoms with Gasteiger partial charge in [-0.3, -0.25) is 4.31 Å². The van der Waals surface area contributed by atoms with Crippen molar-refractivity contribution >= 4 is 32.2 Å². The van der Waals surface area contributed by atoms with Crippen molar-refractivity contribution in [3.8, 4) is 10.6 Å². The van der Waals surface area contributed by atoms with Crippen molar-refractivity contribution in [2.75, 3.05) is 22.8 Å². The van der Waals surface area contributed by atoms with E-state index in [2.05, 4.69) is 10.2 Å². The summed E-state index contributed by atoms with van der Waals surface area (Å²) in [5.74, 6) is 0. The molecule has 2 N–H and O–H groups in total. The molecular formula is C11H12N4O2S2. The molecule has 1 aromatic carbocycles. The number of nitrogens with two attached hydrogens (primary N) is 1. The molecule has 0 aliphatic carbocycles. The molecule has 0 unspecified atom stereocenters. The highest BCUT2D eigenvalue weighted by molar-refractivity contribution is 7.92. The zero-order chi connectivity index (χ0) is 13.6. The summed E-state index contributed by atoms with van der Waals surface area (Å²) in [5.41, 5.74) is 8.25. The van der Waals surface area contributed by atoms with Gasteiger partial charge in [0, 0.05) is 12.1 Å². The summed E-state index contributed by atoms with van der Waals surface area (Å²) in [5, 5.41) is 8.94. The van der Waals surface area contributed by atoms with Gasteiger partial charge in [-0.2, -0.15) is 0 Å². The molecule has 2 heterocycles. The quantitative estimate of drug-likeness (QED) is 0.896. The number of hydrogen-bond acceptors (Lipinski definition) is 6. The van der Waals surface area contributed by atoms with E-state index < -0.39 is 10.0 Å². The molecule has 0 atom stereocenters. The molecule has 2 aromatic rings. The van der Waals surface area contributed by atoms with Crippen LogP contribution in [0, 0.1) is 0 Å². The number of aromatic nitrogens is 2. The maximum Gasteiger partial charge on any atom is 0.232 e. The lowest BCUT2D eigenvalue weighted by molar-refractivity contribution is 0.598. The molecule has 100 valence electrons. The van der Waals surface area contributed by atoms with Gasteiger partial charge in [0.15, 0.2) is 0 Å². The first kappa shape index (κ1) is 12.4. The first-order chi connectivity index (χ1) is 8.95. The average molecular weight is 296 g/mol. The second kappa shape index (κ2) is 4.17. The molecule has 3 rings (SSSR count). The summed E-state index contributed by atoms with van der Waals surface area (Å²) in [4.78, 5) is 0. The normalized spacial score (nSPS) is 14.7. The summed E-state index contributed by atoms with van der Waals surface area (Å²) in [6, 6.07) is 5.62. The third kappa shape index (κ3) is 2.17. The predicted octanol–water partition coefficient (Wildman–Crippen LogP) is 1.11. The molecule has 19 heavy (non-hydrogen) atoms. The van der Waals surface area contributed by atoms with Crippen LogP contribution in [0.15, 0.2) is 18.2 Å². The largest absolute Gasteiger partial charge is 0.374 e. The van der Waals surface area contributed by atoms with Gasteiger partial charge in [-0.25, -0.2) is 8.42 Å². The van der Waals surface area contributed by atoms with Gasteiger partial charge in [-0.1, -0.05) is 11.3 Å². The van der Waals surface area contributed by atoms with E-state index in [1.807, 2.05) is 18.2 Å². The molecule has 0 saturated heterocycles. The summed E-state index contributed by atoms with van der Waals surface area (Å²) in [6.45, 7) is 0.496. The number of nitrogen functional groups attached to an aromatic ring is 1. The van der Waals surface area contributed by atoms with Crippen molar-refractivity contribution in [3.05, 3.63) is 23.8 Å². The van der Waals surface area contributed by atoms with Crippen LogP contribution in [0.2, 0.25) is 0 Å². The molecular weight excluding hydrogens is 284 g/mol. The second-order valence-electron chi connectivity index (χ2n) is 4.37. The van der Waals surface area contributed by atoms with Crippen molar-refractivity contribution in [1.82, 2.24) is 10.2 Å². The molecule has 0 radical (unpaired) electrons. The van der Waals surface area contributed by atoms with E-state index in [0.29, 0.717) is 18.1 Å². The van der Waals surface area contributed by atoms with Crippen LogP contribution in [0.1, 0.15) is 5.56 Å². The zero-order valence-electron chi connectivity index (χ0n) is 10.2. The predicted molar refractivity (Wildman–Crippen MR) is 75.7 cm³/mol. The second-order valence-corrected chi connectivity index (χ2v) is 7.29. The van der Waals surface area contributed by atoms with Gasteiger partial charge in [0.05, 0.1) is 11.9 Å². The Balaban J connectivity index is 2.03. The standard InChI is InChI=1S/C11H12N4O2S2/c1-19(16,17)15-5-4-7-6-8(2-3-9(7)15)10-13-14-11(12)18-10/h2-3,6H,4-5H2,1H3,(H2,12,14). The minimum Gasteiger partial charge on any atom is -0.374 e. The highest BCUT2D eigenvalue weighted by atomic mass is 32.2. The molecule has 0 amide bonds. The zero-order valence-corrected chi connectivity index (χ0v) is 11.8. The lowest BCUT2D eigenvalue weighted by Crippen LogP contribution is -2.27. The van der Waals surface area contributed by atoms with E-state index in [9.17, 15) is 8.42 Å². The number of sulfonamides is 1. The van der Waals surface area contributed by atoms with Crippen molar-refractivity contribution in [1.29, 1.82) is 0 Å². The first-order valence-corrected chi connectivity index (χ1v) is 8.31. The maximum absolute atomic E-state index is 11.6. The number of benzene rings is 1. The Morgan fingerprint density at radius 1 is 1.37 bits per heavy atom. The SMILES string of the molecule is CS(=O)(=O)N1CCc2cc(-c3nnc(N)s3)ccc21. The number of fused-ring (bicyclic) bond motifs is 1. The minimum absolute atomic E-state index is 0.424. The van der Waals surface area contributed by atoms with E-state index >= 15 is 0 Å². The van der Waals surface area contributed by atoms with Gasteiger partial charge in [0.2, 0.25) is 15.2 Å². The summed E-state index contributed by atoms with van der Waals surface area (Å²) in [6.07, 6.45) is 1.94. The van der Waals surface area contributed by atoms with Crippen LogP contribution in [0.5, 0.6) is 0 Å². The van der Waals surface area contributed by atoms with Crippen molar-refractivity contribution in [2.24, 2.45) is 0 Å². The third-order valence-corrected chi connectivity index (χ3v) is 5.00. The number of rotatable bonds is 2. The third-order valence-electron chi connectivity index (χ3n) is 3.02. The van der Waals surface area contributed by atoms with Crippen molar-refractivity contribution in [2.45, 2.75) is 6.42 Å². The van der Waals surface area contributed by atoms with E-state index in [1.54, 1.807) is 0 Å². The topological polar surface area (TPSA) is 89.2 Å². The van der Waals surface area contributed by atoms with Gasteiger partial charge in [-0.15, -0.1) is 10.2 Å². The van der Waals surface area contributed by atoms with Crippen LogP contribution in [-0.4, -0.2) is 31.4 Å². The molecule has 0 saturated carbocycles. The molecule has 0 spiro atoms. The Kier molecular flexibility index (Phi) is 2.72. The van der Waals surface area contributed by atoms with Gasteiger partial charge >= 0.3 is 0 Å². The minimum atomic E-state index is -3.20. The van der Waals surface area contributed by atoms with Crippen LogP contribution in [0.25, 0.3) is 10.6 Å². The molecule has 1 aromatic heterocycles. The van der Waals surface area contributed by atoms with E-state index in [-0.39, 0.29) is 0 Å². The summed E-state index contributed by atoms with van der Waals surface area (Å²) in [7, 11) is -3.20. The monoisotopic (exact) mass is 296 g/mol. The molecule has 0 bridgehead atoms. The Bertz CT molecular complexity index is 739. The number of hydrogen-bond donors (Lipinski definition) is 1. The van der Waals surface area contributed by atoms with Gasteiger partial charge in [0.25, 0.3) is 0 Å². The van der Waals surface area contributed by atoms with E-state index in [1.165, 1.54) is 21.9 Å². The first-order valence-electron chi connectivity index (χ1n) is 5.65. The fourth-order valence-corrected chi connectivity index (χ4v) is 3.76. The average Bonchev–Trinajstić information content (AvgIpc) is 2.92. The number of nitrogens with zero attached hydrogens (tertiary/aromatic N) is 3. The van der Waals surface area contributed by atoms with Crippen LogP contribution in [-0.2, 0) is 16.4 Å². The molecule has 8 heteroatoms. The highest BCUT2D eigenvalue weighted by Gasteiger charge is 2.26. The van der Waals surface area contributed by atoms with Gasteiger partial charge in [0.1, 0.15) is 5.01 Å². The Morgan fingerprint density at radius 2 is 2.16 bits per heavy atom. The summed E-state index contributed by atoms with van der Waals surface area (Å²) >= 11 is 1.32. The summed E-state index contributed by atoms with van der Waals surface area (Å²) < 4.78 is 24.7. The smallest absolute Gasteiger partial charge is 0.232 e. The Hall–Kier alpha value is -1.67. The van der Waals surface area contributed by atoms with Crippen LogP contribution >= 0.6 is 11.3 Å².